The van der Waals surface area contributed by atoms with Gasteiger partial charge in [-0.15, -0.1) is 0 Å². The summed E-state index contributed by atoms with van der Waals surface area (Å²) in [5.74, 6) is -0.156. The number of benzene rings is 1. The maximum Gasteiger partial charge on any atom is 0.228 e. The van der Waals surface area contributed by atoms with Gasteiger partial charge in [-0.25, -0.2) is 0 Å². The van der Waals surface area contributed by atoms with Gasteiger partial charge in [-0.05, 0) is 50.6 Å². The molecule has 1 N–H and O–H groups in total. The predicted octanol–water partition coefficient (Wildman–Crippen LogP) is 1.64. The fourth-order valence-corrected chi connectivity index (χ4v) is 3.98. The molecule has 140 valence electrons. The number of hydrogen-bond acceptors (Lipinski definition) is 4. The highest BCUT2D eigenvalue weighted by molar-refractivity contribution is 5.99. The second-order valence-electron chi connectivity index (χ2n) is 7.81. The number of rotatable bonds is 4. The quantitative estimate of drug-likeness (QED) is 0.891. The van der Waals surface area contributed by atoms with Gasteiger partial charge >= 0.3 is 0 Å². The van der Waals surface area contributed by atoms with Crippen molar-refractivity contribution in [1.82, 2.24) is 9.80 Å². The average molecular weight is 356 g/mol. The van der Waals surface area contributed by atoms with Gasteiger partial charge in [-0.1, -0.05) is 0 Å². The Morgan fingerprint density at radius 1 is 0.923 bits per heavy atom. The van der Waals surface area contributed by atoms with Crippen molar-refractivity contribution < 1.29 is 9.59 Å². The molecule has 6 heteroatoms. The predicted molar refractivity (Wildman–Crippen MR) is 102 cm³/mol. The summed E-state index contributed by atoms with van der Waals surface area (Å²) in [4.78, 5) is 31.5. The van der Waals surface area contributed by atoms with Crippen molar-refractivity contribution in [3.05, 3.63) is 24.3 Å². The molecule has 2 atom stereocenters. The first-order valence-electron chi connectivity index (χ1n) is 9.75. The van der Waals surface area contributed by atoms with Crippen LogP contribution in [0.2, 0.25) is 0 Å². The number of nitrogens with zero attached hydrogens (tertiary/aromatic N) is 3. The van der Waals surface area contributed by atoms with Gasteiger partial charge in [-0.3, -0.25) is 9.59 Å². The third-order valence-electron chi connectivity index (χ3n) is 5.87. The minimum Gasteiger partial charge on any atom is -0.372 e. The number of piperazine rings is 1. The van der Waals surface area contributed by atoms with E-state index in [2.05, 4.69) is 34.3 Å². The molecule has 6 nitrogen and oxygen atoms in total. The van der Waals surface area contributed by atoms with Crippen LogP contribution in [0.5, 0.6) is 0 Å². The number of carbonyl (C=O) groups excluding carboxylic acids is 2. The van der Waals surface area contributed by atoms with E-state index >= 15 is 0 Å². The molecule has 0 radical (unpaired) electrons. The fourth-order valence-electron chi connectivity index (χ4n) is 3.98. The monoisotopic (exact) mass is 356 g/mol. The largest absolute Gasteiger partial charge is 0.372 e. The van der Waals surface area contributed by atoms with Crippen LogP contribution in [0.15, 0.2) is 24.3 Å². The van der Waals surface area contributed by atoms with Crippen LogP contribution in [-0.2, 0) is 9.59 Å². The van der Waals surface area contributed by atoms with E-state index in [4.69, 9.17) is 0 Å². The van der Waals surface area contributed by atoms with Crippen molar-refractivity contribution in [2.24, 2.45) is 11.8 Å². The van der Waals surface area contributed by atoms with Crippen LogP contribution in [-0.4, -0.2) is 67.9 Å². The molecule has 0 aromatic heterocycles. The highest BCUT2D eigenvalue weighted by Gasteiger charge is 2.49. The number of likely N-dealkylation sites (N-methyl/N-ethyl adjacent to an activating group) is 1. The third-order valence-corrected chi connectivity index (χ3v) is 5.87. The summed E-state index contributed by atoms with van der Waals surface area (Å²) in [7, 11) is 2.07. The normalized spacial score (nSPS) is 26.0. The van der Waals surface area contributed by atoms with E-state index in [9.17, 15) is 9.59 Å². The van der Waals surface area contributed by atoms with Crippen molar-refractivity contribution in [3.63, 3.8) is 0 Å². The number of nitrogens with one attached hydrogen (secondary N) is 1. The van der Waals surface area contributed by atoms with Gasteiger partial charge in [0.15, 0.2) is 0 Å². The van der Waals surface area contributed by atoms with Crippen molar-refractivity contribution in [2.75, 3.05) is 56.5 Å². The maximum atomic E-state index is 12.5. The van der Waals surface area contributed by atoms with Gasteiger partial charge < -0.3 is 20.0 Å². The molecule has 26 heavy (non-hydrogen) atoms. The number of hydrogen-bond donors (Lipinski definition) is 1. The lowest BCUT2D eigenvalue weighted by molar-refractivity contribution is -0.135. The molecule has 1 aromatic carbocycles. The summed E-state index contributed by atoms with van der Waals surface area (Å²) in [5, 5.41) is 2.98. The zero-order valence-electron chi connectivity index (χ0n) is 15.5. The van der Waals surface area contributed by atoms with Crippen molar-refractivity contribution >= 4 is 23.2 Å². The van der Waals surface area contributed by atoms with Crippen LogP contribution in [0.25, 0.3) is 0 Å². The summed E-state index contributed by atoms with van der Waals surface area (Å²) < 4.78 is 0. The van der Waals surface area contributed by atoms with E-state index in [1.165, 1.54) is 18.5 Å². The van der Waals surface area contributed by atoms with Crippen LogP contribution in [0.3, 0.4) is 0 Å². The van der Waals surface area contributed by atoms with Gasteiger partial charge in [-0.2, -0.15) is 0 Å². The molecule has 3 fully saturated rings. The van der Waals surface area contributed by atoms with Gasteiger partial charge in [0, 0.05) is 50.6 Å². The molecule has 1 aromatic rings. The smallest absolute Gasteiger partial charge is 0.228 e. The fraction of sp³-hybridized carbons (Fsp3) is 0.600. The first-order chi connectivity index (χ1) is 12.6. The lowest BCUT2D eigenvalue weighted by Gasteiger charge is -2.32. The van der Waals surface area contributed by atoms with Gasteiger partial charge in [0.2, 0.25) is 11.8 Å². The molecule has 1 aliphatic carbocycles. The SMILES string of the molecule is CN1CCN(C(=O)C2CC2C(=O)Nc2ccc(N3CCCC3)cc2)CC1. The zero-order valence-corrected chi connectivity index (χ0v) is 15.5. The molecule has 2 amide bonds. The van der Waals surface area contributed by atoms with Crippen molar-refractivity contribution in [1.29, 1.82) is 0 Å². The van der Waals surface area contributed by atoms with E-state index in [-0.39, 0.29) is 23.7 Å². The van der Waals surface area contributed by atoms with E-state index in [1.54, 1.807) is 0 Å². The topological polar surface area (TPSA) is 55.9 Å². The minimum absolute atomic E-state index is 0.0219. The second kappa shape index (κ2) is 7.27. The van der Waals surface area contributed by atoms with Crippen LogP contribution < -0.4 is 10.2 Å². The summed E-state index contributed by atoms with van der Waals surface area (Å²) >= 11 is 0. The Labute approximate surface area is 155 Å². The molecule has 2 aliphatic heterocycles. The van der Waals surface area contributed by atoms with Gasteiger partial charge in [0.05, 0.1) is 11.8 Å². The highest BCUT2D eigenvalue weighted by atomic mass is 16.2. The molecule has 1 saturated carbocycles. The number of amides is 2. The lowest BCUT2D eigenvalue weighted by Crippen LogP contribution is -2.48. The van der Waals surface area contributed by atoms with Crippen LogP contribution >= 0.6 is 0 Å². The molecular formula is C20H28N4O2. The van der Waals surface area contributed by atoms with Crippen LogP contribution in [0.1, 0.15) is 19.3 Å². The molecule has 4 rings (SSSR count). The Hall–Kier alpha value is -2.08. The van der Waals surface area contributed by atoms with E-state index in [1.807, 2.05) is 17.0 Å². The molecular weight excluding hydrogens is 328 g/mol. The summed E-state index contributed by atoms with van der Waals surface area (Å²) in [5.41, 5.74) is 2.03. The van der Waals surface area contributed by atoms with E-state index < -0.39 is 0 Å². The van der Waals surface area contributed by atoms with Gasteiger partial charge in [0.25, 0.3) is 0 Å². The zero-order chi connectivity index (χ0) is 18.1. The molecule has 0 bridgehead atoms. The van der Waals surface area contributed by atoms with E-state index in [0.717, 1.165) is 45.0 Å². The number of anilines is 2. The van der Waals surface area contributed by atoms with E-state index in [0.29, 0.717) is 6.42 Å². The van der Waals surface area contributed by atoms with Crippen molar-refractivity contribution in [2.45, 2.75) is 19.3 Å². The average Bonchev–Trinajstić information content (AvgIpc) is 3.28. The first-order valence-corrected chi connectivity index (χ1v) is 9.75. The maximum absolute atomic E-state index is 12.5. The Morgan fingerprint density at radius 3 is 2.23 bits per heavy atom. The molecule has 2 unspecified atom stereocenters. The summed E-state index contributed by atoms with van der Waals surface area (Å²) in [6.07, 6.45) is 3.19. The summed E-state index contributed by atoms with van der Waals surface area (Å²) in [6.45, 7) is 5.61. The van der Waals surface area contributed by atoms with Crippen molar-refractivity contribution in [3.8, 4) is 0 Å². The molecule has 2 heterocycles. The molecule has 3 aliphatic rings. The minimum atomic E-state index is -0.166. The first kappa shape index (κ1) is 17.3. The standard InChI is InChI=1S/C20H28N4O2/c1-22-10-12-24(13-11-22)20(26)18-14-17(18)19(25)21-15-4-6-16(7-5-15)23-8-2-3-9-23/h4-7,17-18H,2-3,8-14H2,1H3,(H,21,25). The van der Waals surface area contributed by atoms with Crippen LogP contribution in [0.4, 0.5) is 11.4 Å². The van der Waals surface area contributed by atoms with Crippen LogP contribution in [0, 0.1) is 11.8 Å². The molecule has 0 spiro atoms. The lowest BCUT2D eigenvalue weighted by atomic mass is 10.2. The molecule has 2 saturated heterocycles. The number of carbonyl (C=O) groups is 2. The second-order valence-corrected chi connectivity index (χ2v) is 7.81. The Balaban J connectivity index is 1.28. The Bertz CT molecular complexity index is 661. The Morgan fingerprint density at radius 2 is 1.58 bits per heavy atom. The third kappa shape index (κ3) is 3.70. The highest BCUT2D eigenvalue weighted by Crippen LogP contribution is 2.41. The summed E-state index contributed by atoms with van der Waals surface area (Å²) in [6, 6.07) is 8.07. The Kier molecular flexibility index (Phi) is 4.85. The van der Waals surface area contributed by atoms with Gasteiger partial charge in [0.1, 0.15) is 0 Å².